The van der Waals surface area contributed by atoms with Gasteiger partial charge in [0.1, 0.15) is 12.6 Å². The second-order valence-corrected chi connectivity index (χ2v) is 8.80. The number of hydrogen-bond donors (Lipinski definition) is 0. The lowest BCUT2D eigenvalue weighted by molar-refractivity contribution is -0.133. The van der Waals surface area contributed by atoms with Crippen LogP contribution in [-0.4, -0.2) is 66.2 Å². The van der Waals surface area contributed by atoms with Crippen molar-refractivity contribution in [2.45, 2.75) is 31.5 Å². The van der Waals surface area contributed by atoms with E-state index < -0.39 is 11.2 Å². The number of amides is 2. The van der Waals surface area contributed by atoms with E-state index >= 15 is 0 Å². The number of aryl methyl sites for hydroxylation is 1. The molecule has 2 amide bonds. The number of likely N-dealkylation sites (tertiary alicyclic amines) is 1. The van der Waals surface area contributed by atoms with Crippen molar-refractivity contribution in [1.82, 2.24) is 28.5 Å². The predicted octanol–water partition coefficient (Wildman–Crippen LogP) is 0.618. The molecular formula is C23H26N6O5. The van der Waals surface area contributed by atoms with Gasteiger partial charge in [0.25, 0.3) is 5.56 Å². The quantitative estimate of drug-likeness (QED) is 0.557. The van der Waals surface area contributed by atoms with Crippen molar-refractivity contribution in [2.24, 2.45) is 14.1 Å². The standard InChI is InChI=1S/C23H26N6O5/c1-25-20-19(21(31)26(2)22(25)32)28(14-24-20)13-18(30)27-10-8-16(9-11-27)29-12-17(34-23(29)33)15-6-4-3-5-7-15/h3-7,14,16-17H,8-13H2,1-2H3. The van der Waals surface area contributed by atoms with Crippen LogP contribution in [0.5, 0.6) is 0 Å². The number of fused-ring (bicyclic) bond motifs is 1. The van der Waals surface area contributed by atoms with Crippen LogP contribution in [-0.2, 0) is 30.2 Å². The van der Waals surface area contributed by atoms with Gasteiger partial charge in [-0.05, 0) is 18.4 Å². The van der Waals surface area contributed by atoms with Gasteiger partial charge in [0.2, 0.25) is 5.91 Å². The summed E-state index contributed by atoms with van der Waals surface area (Å²) in [5.74, 6) is -0.139. The monoisotopic (exact) mass is 466 g/mol. The van der Waals surface area contributed by atoms with Crippen LogP contribution < -0.4 is 11.2 Å². The maximum atomic E-state index is 13.0. The molecule has 34 heavy (non-hydrogen) atoms. The van der Waals surface area contributed by atoms with Gasteiger partial charge in [0.15, 0.2) is 11.2 Å². The van der Waals surface area contributed by atoms with E-state index in [1.165, 1.54) is 22.5 Å². The summed E-state index contributed by atoms with van der Waals surface area (Å²) < 4.78 is 9.37. The fourth-order valence-electron chi connectivity index (χ4n) is 4.81. The van der Waals surface area contributed by atoms with Crippen LogP contribution in [0.1, 0.15) is 24.5 Å². The minimum atomic E-state index is -0.484. The Morgan fingerprint density at radius 3 is 2.47 bits per heavy atom. The van der Waals surface area contributed by atoms with Crippen molar-refractivity contribution in [3.63, 3.8) is 0 Å². The molecule has 11 nitrogen and oxygen atoms in total. The molecule has 0 spiro atoms. The molecule has 5 rings (SSSR count). The molecule has 11 heteroatoms. The number of piperidine rings is 1. The summed E-state index contributed by atoms with van der Waals surface area (Å²) in [6.45, 7) is 1.47. The molecular weight excluding hydrogens is 440 g/mol. The highest BCUT2D eigenvalue weighted by Crippen LogP contribution is 2.30. The van der Waals surface area contributed by atoms with Gasteiger partial charge in [0, 0.05) is 33.2 Å². The Morgan fingerprint density at radius 1 is 1.06 bits per heavy atom. The molecule has 2 aromatic heterocycles. The summed E-state index contributed by atoms with van der Waals surface area (Å²) in [7, 11) is 2.94. The molecule has 178 valence electrons. The Hall–Kier alpha value is -3.89. The Kier molecular flexibility index (Phi) is 5.46. The molecule has 1 unspecified atom stereocenters. The van der Waals surface area contributed by atoms with Crippen molar-refractivity contribution in [3.05, 3.63) is 63.1 Å². The first kappa shape index (κ1) is 21.9. The van der Waals surface area contributed by atoms with E-state index in [0.29, 0.717) is 32.5 Å². The van der Waals surface area contributed by atoms with Crippen molar-refractivity contribution in [2.75, 3.05) is 19.6 Å². The van der Waals surface area contributed by atoms with Crippen LogP contribution in [0, 0.1) is 0 Å². The molecule has 2 saturated heterocycles. The van der Waals surface area contributed by atoms with Crippen LogP contribution in [0.15, 0.2) is 46.2 Å². The second kappa shape index (κ2) is 8.47. The molecule has 0 saturated carbocycles. The molecule has 0 N–H and O–H groups in total. The van der Waals surface area contributed by atoms with E-state index in [2.05, 4.69) is 4.98 Å². The van der Waals surface area contributed by atoms with Crippen molar-refractivity contribution >= 4 is 23.2 Å². The van der Waals surface area contributed by atoms with Crippen LogP contribution in [0.4, 0.5) is 4.79 Å². The lowest BCUT2D eigenvalue weighted by Gasteiger charge is -2.35. The van der Waals surface area contributed by atoms with Gasteiger partial charge in [-0.25, -0.2) is 14.6 Å². The first-order valence-electron chi connectivity index (χ1n) is 11.3. The molecule has 4 heterocycles. The topological polar surface area (TPSA) is 112 Å². The van der Waals surface area contributed by atoms with Gasteiger partial charge in [-0.1, -0.05) is 30.3 Å². The molecule has 0 bridgehead atoms. The van der Waals surface area contributed by atoms with E-state index in [-0.39, 0.29) is 41.9 Å². The molecule has 1 atom stereocenters. The minimum Gasteiger partial charge on any atom is -0.439 e. The van der Waals surface area contributed by atoms with E-state index in [4.69, 9.17) is 4.74 Å². The van der Waals surface area contributed by atoms with Gasteiger partial charge in [0.05, 0.1) is 12.9 Å². The van der Waals surface area contributed by atoms with E-state index in [1.54, 1.807) is 16.8 Å². The third-order valence-corrected chi connectivity index (χ3v) is 6.79. The summed E-state index contributed by atoms with van der Waals surface area (Å²) in [6, 6.07) is 9.70. The molecule has 2 aliphatic heterocycles. The van der Waals surface area contributed by atoms with Gasteiger partial charge in [-0.2, -0.15) is 0 Å². The molecule has 0 aliphatic carbocycles. The lowest BCUT2D eigenvalue weighted by Crippen LogP contribution is -2.47. The number of benzene rings is 1. The number of imidazole rings is 1. The van der Waals surface area contributed by atoms with Crippen molar-refractivity contribution in [3.8, 4) is 0 Å². The zero-order valence-corrected chi connectivity index (χ0v) is 19.1. The van der Waals surface area contributed by atoms with Crippen LogP contribution in [0.2, 0.25) is 0 Å². The number of aromatic nitrogens is 4. The number of ether oxygens (including phenoxy) is 1. The summed E-state index contributed by atoms with van der Waals surface area (Å²) in [4.78, 5) is 57.9. The minimum absolute atomic E-state index is 0.0150. The average molecular weight is 466 g/mol. The Morgan fingerprint density at radius 2 is 1.76 bits per heavy atom. The molecule has 2 fully saturated rings. The predicted molar refractivity (Wildman–Crippen MR) is 122 cm³/mol. The first-order valence-corrected chi connectivity index (χ1v) is 11.3. The summed E-state index contributed by atoms with van der Waals surface area (Å²) in [6.07, 6.45) is 2.14. The average Bonchev–Trinajstić information content (AvgIpc) is 3.46. The zero-order chi connectivity index (χ0) is 24.0. The highest BCUT2D eigenvalue weighted by Gasteiger charge is 2.38. The smallest absolute Gasteiger partial charge is 0.410 e. The normalized spacial score (nSPS) is 19.1. The molecule has 2 aliphatic rings. The maximum absolute atomic E-state index is 13.0. The van der Waals surface area contributed by atoms with Crippen LogP contribution >= 0.6 is 0 Å². The maximum Gasteiger partial charge on any atom is 0.410 e. The van der Waals surface area contributed by atoms with Crippen molar-refractivity contribution < 1.29 is 14.3 Å². The number of carbonyl (C=O) groups is 2. The molecule has 1 aromatic carbocycles. The van der Waals surface area contributed by atoms with E-state index in [0.717, 1.165) is 10.1 Å². The summed E-state index contributed by atoms with van der Waals surface area (Å²) >= 11 is 0. The van der Waals surface area contributed by atoms with Gasteiger partial charge >= 0.3 is 11.8 Å². The highest BCUT2D eigenvalue weighted by atomic mass is 16.6. The molecule has 0 radical (unpaired) electrons. The Bertz CT molecular complexity index is 1370. The Balaban J connectivity index is 1.24. The first-order chi connectivity index (χ1) is 16.3. The summed E-state index contributed by atoms with van der Waals surface area (Å²) in [5.41, 5.74) is 0.496. The fraction of sp³-hybridized carbons (Fsp3) is 0.435. The third-order valence-electron chi connectivity index (χ3n) is 6.79. The Labute approximate surface area is 194 Å². The molecule has 3 aromatic rings. The number of carbonyl (C=O) groups excluding carboxylic acids is 2. The summed E-state index contributed by atoms with van der Waals surface area (Å²) in [5, 5.41) is 0. The van der Waals surface area contributed by atoms with Crippen LogP contribution in [0.25, 0.3) is 11.2 Å². The van der Waals surface area contributed by atoms with Crippen LogP contribution in [0.3, 0.4) is 0 Å². The second-order valence-electron chi connectivity index (χ2n) is 8.80. The highest BCUT2D eigenvalue weighted by molar-refractivity contribution is 5.79. The van der Waals surface area contributed by atoms with Gasteiger partial charge in [-0.15, -0.1) is 0 Å². The number of cyclic esters (lactones) is 1. The number of rotatable bonds is 4. The zero-order valence-electron chi connectivity index (χ0n) is 19.1. The lowest BCUT2D eigenvalue weighted by atomic mass is 10.0. The number of nitrogens with zero attached hydrogens (tertiary/aromatic N) is 6. The largest absolute Gasteiger partial charge is 0.439 e. The van der Waals surface area contributed by atoms with Crippen molar-refractivity contribution in [1.29, 1.82) is 0 Å². The van der Waals surface area contributed by atoms with E-state index in [1.807, 2.05) is 30.3 Å². The van der Waals surface area contributed by atoms with E-state index in [9.17, 15) is 19.2 Å². The number of hydrogen-bond acceptors (Lipinski definition) is 6. The third kappa shape index (κ3) is 3.66. The van der Waals surface area contributed by atoms with Gasteiger partial charge in [-0.3, -0.25) is 18.7 Å². The SMILES string of the molecule is Cn1c(=O)c2c(ncn2CC(=O)N2CCC(N3CC(c4ccccc4)OC3=O)CC2)n(C)c1=O. The van der Waals surface area contributed by atoms with Gasteiger partial charge < -0.3 is 19.1 Å². The fourth-order valence-corrected chi connectivity index (χ4v) is 4.81.